The van der Waals surface area contributed by atoms with Crippen LogP contribution in [0.15, 0.2) is 24.3 Å². The van der Waals surface area contributed by atoms with Crippen molar-refractivity contribution >= 4 is 12.1 Å². The Morgan fingerprint density at radius 3 is 2.68 bits per heavy atom. The molecule has 7 nitrogen and oxygen atoms in total. The molecule has 25 heavy (non-hydrogen) atoms. The number of rotatable bonds is 3. The van der Waals surface area contributed by atoms with Crippen molar-refractivity contribution in [3.05, 3.63) is 41.0 Å². The summed E-state index contributed by atoms with van der Waals surface area (Å²) in [6.07, 6.45) is 0.686. The van der Waals surface area contributed by atoms with Crippen molar-refractivity contribution in [3.63, 3.8) is 0 Å². The van der Waals surface area contributed by atoms with E-state index in [4.69, 9.17) is 14.2 Å². The van der Waals surface area contributed by atoms with Crippen LogP contribution in [0, 0.1) is 5.92 Å². The van der Waals surface area contributed by atoms with Crippen LogP contribution in [0.1, 0.15) is 26.3 Å². The van der Waals surface area contributed by atoms with Gasteiger partial charge in [-0.3, -0.25) is 9.59 Å². The fraction of sp³-hybridized carbons (Fsp3) is 0.222. The zero-order valence-electron chi connectivity index (χ0n) is 13.0. The minimum atomic E-state index is -0.551. The number of phenolic OH excluding ortho intramolecular Hbond substituents is 2. The minimum absolute atomic E-state index is 0.0723. The van der Waals surface area contributed by atoms with Gasteiger partial charge in [-0.1, -0.05) is 6.07 Å². The summed E-state index contributed by atoms with van der Waals surface area (Å²) in [4.78, 5) is 23.8. The summed E-state index contributed by atoms with van der Waals surface area (Å²) in [7, 11) is 0. The molecule has 0 saturated heterocycles. The molecule has 4 rings (SSSR count). The second-order valence-electron chi connectivity index (χ2n) is 5.91. The first-order valence-electron chi connectivity index (χ1n) is 7.68. The molecule has 1 atom stereocenters. The summed E-state index contributed by atoms with van der Waals surface area (Å²) in [6, 6.07) is 6.59. The lowest BCUT2D eigenvalue weighted by Crippen LogP contribution is -2.29. The van der Waals surface area contributed by atoms with Gasteiger partial charge in [0, 0.05) is 6.07 Å². The summed E-state index contributed by atoms with van der Waals surface area (Å²) in [5, 5.41) is 19.9. The molecule has 1 unspecified atom stereocenters. The summed E-state index contributed by atoms with van der Waals surface area (Å²) in [5.74, 6) is -0.476. The highest BCUT2D eigenvalue weighted by atomic mass is 16.7. The standard InChI is InChI=1S/C18H14O7/c19-6-11-12(20)5-15-16(18(11)22)17(21)10(7-23-15)3-9-1-2-13-14(4-9)25-8-24-13/h1-2,4-6,10,20,22H,3,7-8H2. The third-order valence-electron chi connectivity index (χ3n) is 4.38. The lowest BCUT2D eigenvalue weighted by molar-refractivity contribution is 0.0825. The van der Waals surface area contributed by atoms with Crippen molar-refractivity contribution in [1.82, 2.24) is 0 Å². The number of ether oxygens (including phenoxy) is 3. The average Bonchev–Trinajstić information content (AvgIpc) is 3.05. The van der Waals surface area contributed by atoms with Crippen molar-refractivity contribution in [3.8, 4) is 28.7 Å². The van der Waals surface area contributed by atoms with Crippen LogP contribution >= 0.6 is 0 Å². The molecule has 2 aliphatic rings. The maximum absolute atomic E-state index is 12.8. The third kappa shape index (κ3) is 2.44. The molecule has 2 heterocycles. The molecular weight excluding hydrogens is 328 g/mol. The Kier molecular flexibility index (Phi) is 3.49. The Bertz CT molecular complexity index is 887. The number of benzene rings is 2. The normalized spacial score (nSPS) is 17.8. The van der Waals surface area contributed by atoms with Gasteiger partial charge in [-0.2, -0.15) is 0 Å². The molecule has 0 fully saturated rings. The number of aldehydes is 1. The highest BCUT2D eigenvalue weighted by Gasteiger charge is 2.34. The number of hydrogen-bond acceptors (Lipinski definition) is 7. The maximum atomic E-state index is 12.8. The van der Waals surface area contributed by atoms with Crippen LogP contribution in [0.25, 0.3) is 0 Å². The summed E-state index contributed by atoms with van der Waals surface area (Å²) >= 11 is 0. The van der Waals surface area contributed by atoms with Crippen molar-refractivity contribution in [2.75, 3.05) is 13.4 Å². The number of carbonyl (C=O) groups excluding carboxylic acids is 2. The minimum Gasteiger partial charge on any atom is -0.507 e. The van der Waals surface area contributed by atoms with Crippen molar-refractivity contribution < 1.29 is 34.0 Å². The molecule has 128 valence electrons. The van der Waals surface area contributed by atoms with Gasteiger partial charge in [0.15, 0.2) is 23.6 Å². The third-order valence-corrected chi connectivity index (χ3v) is 4.38. The van der Waals surface area contributed by atoms with Crippen LogP contribution in [0.4, 0.5) is 0 Å². The number of aromatic hydroxyl groups is 2. The van der Waals surface area contributed by atoms with Gasteiger partial charge in [-0.25, -0.2) is 0 Å². The van der Waals surface area contributed by atoms with E-state index >= 15 is 0 Å². The maximum Gasteiger partial charge on any atom is 0.231 e. The average molecular weight is 342 g/mol. The van der Waals surface area contributed by atoms with E-state index in [0.717, 1.165) is 5.56 Å². The first kappa shape index (κ1) is 15.3. The smallest absolute Gasteiger partial charge is 0.231 e. The fourth-order valence-corrected chi connectivity index (χ4v) is 3.09. The van der Waals surface area contributed by atoms with Crippen LogP contribution in [-0.4, -0.2) is 35.7 Å². The van der Waals surface area contributed by atoms with E-state index in [1.54, 1.807) is 12.1 Å². The molecular formula is C18H14O7. The number of fused-ring (bicyclic) bond motifs is 2. The van der Waals surface area contributed by atoms with Gasteiger partial charge in [0.25, 0.3) is 0 Å². The molecule has 0 bridgehead atoms. The number of carbonyl (C=O) groups is 2. The van der Waals surface area contributed by atoms with E-state index in [0.29, 0.717) is 24.2 Å². The quantitative estimate of drug-likeness (QED) is 0.823. The van der Waals surface area contributed by atoms with Gasteiger partial charge in [0.1, 0.15) is 22.8 Å². The van der Waals surface area contributed by atoms with Crippen LogP contribution < -0.4 is 14.2 Å². The summed E-state index contributed by atoms with van der Waals surface area (Å²) in [5.41, 5.74) is 0.472. The Hall–Kier alpha value is -3.22. The van der Waals surface area contributed by atoms with E-state index in [-0.39, 0.29) is 36.1 Å². The molecule has 7 heteroatoms. The Morgan fingerprint density at radius 2 is 1.88 bits per heavy atom. The Morgan fingerprint density at radius 1 is 1.08 bits per heavy atom. The van der Waals surface area contributed by atoms with Crippen molar-refractivity contribution in [2.24, 2.45) is 5.92 Å². The van der Waals surface area contributed by atoms with Gasteiger partial charge in [0.2, 0.25) is 6.79 Å². The Labute approximate surface area is 142 Å². The van der Waals surface area contributed by atoms with Crippen molar-refractivity contribution in [1.29, 1.82) is 0 Å². The molecule has 0 radical (unpaired) electrons. The lowest BCUT2D eigenvalue weighted by Gasteiger charge is -2.25. The SMILES string of the molecule is O=Cc1c(O)cc2c(c1O)C(=O)C(Cc1ccc3c(c1)OCO3)CO2. The molecule has 0 spiro atoms. The molecule has 0 saturated carbocycles. The summed E-state index contributed by atoms with van der Waals surface area (Å²) < 4.78 is 16.1. The molecule has 2 aliphatic heterocycles. The molecule has 2 N–H and O–H groups in total. The Balaban J connectivity index is 1.64. The second kappa shape index (κ2) is 5.70. The van der Waals surface area contributed by atoms with E-state index in [1.165, 1.54) is 6.07 Å². The van der Waals surface area contributed by atoms with Gasteiger partial charge in [-0.15, -0.1) is 0 Å². The monoisotopic (exact) mass is 342 g/mol. The number of Topliss-reactive ketones (excluding diaryl/α,β-unsaturated/α-hetero) is 1. The first-order chi connectivity index (χ1) is 12.1. The number of hydrogen-bond donors (Lipinski definition) is 2. The van der Waals surface area contributed by atoms with Crippen LogP contribution in [0.5, 0.6) is 28.7 Å². The van der Waals surface area contributed by atoms with E-state index in [2.05, 4.69) is 0 Å². The number of ketones is 1. The molecule has 0 aliphatic carbocycles. The first-order valence-corrected chi connectivity index (χ1v) is 7.68. The van der Waals surface area contributed by atoms with Crippen LogP contribution in [0.2, 0.25) is 0 Å². The molecule has 2 aromatic carbocycles. The highest BCUT2D eigenvalue weighted by Crippen LogP contribution is 2.41. The lowest BCUT2D eigenvalue weighted by atomic mass is 9.88. The highest BCUT2D eigenvalue weighted by molar-refractivity contribution is 6.06. The largest absolute Gasteiger partial charge is 0.507 e. The molecule has 2 aromatic rings. The van der Waals surface area contributed by atoms with Gasteiger partial charge in [0.05, 0.1) is 18.1 Å². The van der Waals surface area contributed by atoms with Crippen LogP contribution in [0.3, 0.4) is 0 Å². The second-order valence-corrected chi connectivity index (χ2v) is 5.91. The van der Waals surface area contributed by atoms with Gasteiger partial charge >= 0.3 is 0 Å². The topological polar surface area (TPSA) is 102 Å². The van der Waals surface area contributed by atoms with E-state index in [9.17, 15) is 19.8 Å². The van der Waals surface area contributed by atoms with E-state index in [1.807, 2.05) is 6.07 Å². The fourth-order valence-electron chi connectivity index (χ4n) is 3.09. The van der Waals surface area contributed by atoms with Gasteiger partial charge < -0.3 is 24.4 Å². The van der Waals surface area contributed by atoms with Crippen molar-refractivity contribution in [2.45, 2.75) is 6.42 Å². The number of phenols is 2. The molecule has 0 aromatic heterocycles. The zero-order chi connectivity index (χ0) is 17.6. The zero-order valence-corrected chi connectivity index (χ0v) is 13.0. The predicted octanol–water partition coefficient (Wildman–Crippen LogP) is 2.07. The summed E-state index contributed by atoms with van der Waals surface area (Å²) in [6.45, 7) is 0.281. The predicted molar refractivity (Wildman–Crippen MR) is 84.7 cm³/mol. The van der Waals surface area contributed by atoms with E-state index < -0.39 is 17.4 Å². The molecule has 0 amide bonds. The van der Waals surface area contributed by atoms with Crippen LogP contribution in [-0.2, 0) is 6.42 Å². The van der Waals surface area contributed by atoms with Gasteiger partial charge in [-0.05, 0) is 24.1 Å².